The summed E-state index contributed by atoms with van der Waals surface area (Å²) in [5, 5.41) is 6.46. The number of carbonyl (C=O) groups is 2. The van der Waals surface area contributed by atoms with Gasteiger partial charge >= 0.3 is 6.03 Å². The summed E-state index contributed by atoms with van der Waals surface area (Å²) in [6.45, 7) is 1.57. The van der Waals surface area contributed by atoms with Crippen LogP contribution >= 0.6 is 0 Å². The van der Waals surface area contributed by atoms with Gasteiger partial charge in [0.2, 0.25) is 5.78 Å². The molecule has 8 rings (SSSR count). The Hall–Kier alpha value is -4.70. The fourth-order valence-electron chi connectivity index (χ4n) is 5.65. The first-order valence-corrected chi connectivity index (χ1v) is 12.9. The van der Waals surface area contributed by atoms with Crippen LogP contribution in [0, 0.1) is 0 Å². The zero-order valence-corrected chi connectivity index (χ0v) is 21.3. The maximum Gasteiger partial charge on any atom is 0.323 e. The van der Waals surface area contributed by atoms with Crippen LogP contribution in [0.2, 0.25) is 0 Å². The number of morpholine rings is 1. The number of aromatic nitrogens is 3. The number of nitrogens with zero attached hydrogens (tertiary/aromatic N) is 4. The zero-order chi connectivity index (χ0) is 26.5. The monoisotopic (exact) mass is 522 g/mol. The molecule has 2 bridgehead atoms. The van der Waals surface area contributed by atoms with Crippen LogP contribution in [0.25, 0.3) is 17.1 Å². The molecule has 2 N–H and O–H groups in total. The molecule has 3 aromatic heterocycles. The van der Waals surface area contributed by atoms with Crippen molar-refractivity contribution in [3.8, 4) is 5.75 Å². The molecule has 4 aromatic rings. The number of amides is 2. The van der Waals surface area contributed by atoms with E-state index in [1.165, 1.54) is 0 Å². The number of ether oxygens (including phenoxy) is 2. The molecule has 2 unspecified atom stereocenters. The molecule has 0 spiro atoms. The Morgan fingerprint density at radius 2 is 2.03 bits per heavy atom. The highest BCUT2D eigenvalue weighted by Gasteiger charge is 2.36. The van der Waals surface area contributed by atoms with E-state index in [0.29, 0.717) is 28.7 Å². The summed E-state index contributed by atoms with van der Waals surface area (Å²) in [4.78, 5) is 36.8. The van der Waals surface area contributed by atoms with Gasteiger partial charge in [-0.15, -0.1) is 0 Å². The summed E-state index contributed by atoms with van der Waals surface area (Å²) < 4.78 is 13.9. The van der Waals surface area contributed by atoms with E-state index >= 15 is 0 Å². The average Bonchev–Trinajstić information content (AvgIpc) is 3.45. The Morgan fingerprint density at radius 3 is 2.79 bits per heavy atom. The topological polar surface area (TPSA) is 111 Å². The Balaban J connectivity index is 1.17. The lowest BCUT2D eigenvalue weighted by Crippen LogP contribution is -2.54. The normalized spacial score (nSPS) is 20.8. The molecule has 4 aliphatic rings. The largest absolute Gasteiger partial charge is 0.452 e. The molecular formula is C29H26N6O4. The summed E-state index contributed by atoms with van der Waals surface area (Å²) >= 11 is 0. The van der Waals surface area contributed by atoms with Gasteiger partial charge in [0.25, 0.3) is 0 Å². The summed E-state index contributed by atoms with van der Waals surface area (Å²) in [7, 11) is 1.95. The number of carbonyl (C=O) groups excluding carboxylic acids is 2. The van der Waals surface area contributed by atoms with Crippen LogP contribution in [0.5, 0.6) is 5.75 Å². The van der Waals surface area contributed by atoms with Gasteiger partial charge in [0, 0.05) is 48.8 Å². The molecule has 2 amide bonds. The van der Waals surface area contributed by atoms with Crippen molar-refractivity contribution in [3.63, 3.8) is 0 Å². The second-order valence-corrected chi connectivity index (χ2v) is 10.0. The number of rotatable bonds is 4. The zero-order valence-electron chi connectivity index (χ0n) is 21.3. The molecule has 7 heterocycles. The number of pyridine rings is 2. The summed E-state index contributed by atoms with van der Waals surface area (Å²) in [5.74, 6) is 0.440. The van der Waals surface area contributed by atoms with E-state index < -0.39 is 6.03 Å². The molecular weight excluding hydrogens is 496 g/mol. The smallest absolute Gasteiger partial charge is 0.323 e. The minimum Gasteiger partial charge on any atom is -0.452 e. The molecule has 39 heavy (non-hydrogen) atoms. The van der Waals surface area contributed by atoms with Crippen molar-refractivity contribution in [1.29, 1.82) is 0 Å². The predicted octanol–water partition coefficient (Wildman–Crippen LogP) is 4.60. The SMILES string of the molecule is Cn1cc(/C=C2\Oc3ccc(NC(=O)Nc4cccnc4)cc3C2=O)c2c(N3CC4CCC3CO4)ccnc21. The maximum atomic E-state index is 13.4. The minimum absolute atomic E-state index is 0.229. The summed E-state index contributed by atoms with van der Waals surface area (Å²) in [5.41, 5.74) is 4.24. The first-order valence-electron chi connectivity index (χ1n) is 12.9. The fourth-order valence-corrected chi connectivity index (χ4v) is 5.65. The van der Waals surface area contributed by atoms with Crippen LogP contribution in [0.15, 0.2) is 66.9 Å². The molecule has 3 saturated heterocycles. The van der Waals surface area contributed by atoms with Crippen LogP contribution < -0.4 is 20.3 Å². The van der Waals surface area contributed by atoms with Gasteiger partial charge in [-0.05, 0) is 55.3 Å². The van der Waals surface area contributed by atoms with Crippen molar-refractivity contribution in [2.75, 3.05) is 28.7 Å². The van der Waals surface area contributed by atoms with Gasteiger partial charge in [-0.25, -0.2) is 9.78 Å². The third-order valence-corrected chi connectivity index (χ3v) is 7.49. The van der Waals surface area contributed by atoms with Gasteiger partial charge in [0.15, 0.2) is 5.76 Å². The lowest BCUT2D eigenvalue weighted by molar-refractivity contribution is -0.0224. The van der Waals surface area contributed by atoms with Crippen LogP contribution in [-0.2, 0) is 11.8 Å². The van der Waals surface area contributed by atoms with E-state index in [1.54, 1.807) is 48.8 Å². The van der Waals surface area contributed by atoms with Gasteiger partial charge in [0.05, 0.1) is 41.9 Å². The number of ketones is 1. The van der Waals surface area contributed by atoms with E-state index in [1.807, 2.05) is 30.1 Å². The van der Waals surface area contributed by atoms with E-state index in [0.717, 1.165) is 48.3 Å². The Bertz CT molecular complexity index is 1640. The van der Waals surface area contributed by atoms with Crippen LogP contribution in [0.4, 0.5) is 21.9 Å². The second kappa shape index (κ2) is 9.25. The molecule has 10 heteroatoms. The lowest BCUT2D eigenvalue weighted by Gasteiger charge is -2.46. The number of benzene rings is 1. The summed E-state index contributed by atoms with van der Waals surface area (Å²) in [6.07, 6.45) is 11.2. The number of fused-ring (bicyclic) bond motifs is 5. The van der Waals surface area contributed by atoms with Crippen molar-refractivity contribution in [2.24, 2.45) is 7.05 Å². The number of hydrogen-bond acceptors (Lipinski definition) is 7. The van der Waals surface area contributed by atoms with E-state index in [-0.39, 0.29) is 17.6 Å². The highest BCUT2D eigenvalue weighted by atomic mass is 16.5. The predicted molar refractivity (Wildman–Crippen MR) is 147 cm³/mol. The third kappa shape index (κ3) is 4.18. The van der Waals surface area contributed by atoms with Gasteiger partial charge in [-0.1, -0.05) is 0 Å². The molecule has 10 nitrogen and oxygen atoms in total. The standard InChI is InChI=1S/C29H26N6O4/c1-34-14-17(26-23(8-10-31-28(26)34)35-15-21-6-5-20(35)16-38-21)11-25-27(36)22-12-18(4-7-24(22)39-25)32-29(37)33-19-3-2-9-30-13-19/h2-4,7-14,20-21H,5-6,15-16H2,1H3,(H2,32,33,37)/b25-11-. The molecule has 2 atom stereocenters. The Labute approximate surface area is 224 Å². The van der Waals surface area contributed by atoms with Gasteiger partial charge in [-0.2, -0.15) is 0 Å². The van der Waals surface area contributed by atoms with Crippen LogP contribution in [0.3, 0.4) is 0 Å². The van der Waals surface area contributed by atoms with Crippen molar-refractivity contribution < 1.29 is 19.1 Å². The number of Topliss-reactive ketones (excluding diaryl/α,β-unsaturated/α-hetero) is 1. The van der Waals surface area contributed by atoms with Crippen molar-refractivity contribution >= 4 is 46.0 Å². The van der Waals surface area contributed by atoms with E-state index in [2.05, 4.69) is 25.5 Å². The molecule has 0 radical (unpaired) electrons. The van der Waals surface area contributed by atoms with Gasteiger partial charge in [0.1, 0.15) is 11.4 Å². The molecule has 0 saturated carbocycles. The van der Waals surface area contributed by atoms with Gasteiger partial charge in [-0.3, -0.25) is 9.78 Å². The molecule has 0 aliphatic carbocycles. The van der Waals surface area contributed by atoms with Gasteiger partial charge < -0.3 is 29.6 Å². The number of hydrogen-bond donors (Lipinski definition) is 2. The quantitative estimate of drug-likeness (QED) is 0.377. The Morgan fingerprint density at radius 1 is 1.13 bits per heavy atom. The molecule has 4 aliphatic heterocycles. The number of nitrogens with one attached hydrogen (secondary N) is 2. The highest BCUT2D eigenvalue weighted by molar-refractivity contribution is 6.16. The van der Waals surface area contributed by atoms with Crippen LogP contribution in [0.1, 0.15) is 28.8 Å². The minimum atomic E-state index is -0.433. The molecule has 3 fully saturated rings. The average molecular weight is 523 g/mol. The van der Waals surface area contributed by atoms with E-state index in [9.17, 15) is 9.59 Å². The first-order chi connectivity index (χ1) is 19.0. The number of urea groups is 1. The molecule has 1 aromatic carbocycles. The van der Waals surface area contributed by atoms with Crippen LogP contribution in [-0.4, -0.2) is 51.6 Å². The molecule has 196 valence electrons. The van der Waals surface area contributed by atoms with Crippen molar-refractivity contribution in [3.05, 3.63) is 78.1 Å². The maximum absolute atomic E-state index is 13.4. The van der Waals surface area contributed by atoms with E-state index in [4.69, 9.17) is 9.47 Å². The summed E-state index contributed by atoms with van der Waals surface area (Å²) in [6, 6.07) is 10.4. The highest BCUT2D eigenvalue weighted by Crippen LogP contribution is 2.39. The fraction of sp³-hybridized carbons (Fsp3) is 0.241. The Kier molecular flexibility index (Phi) is 5.55. The number of aryl methyl sites for hydroxylation is 1. The lowest BCUT2D eigenvalue weighted by atomic mass is 9.95. The third-order valence-electron chi connectivity index (χ3n) is 7.49. The second-order valence-electron chi connectivity index (χ2n) is 10.0. The van der Waals surface area contributed by atoms with Crippen molar-refractivity contribution in [2.45, 2.75) is 25.0 Å². The number of anilines is 3. The van der Waals surface area contributed by atoms with Crippen molar-refractivity contribution in [1.82, 2.24) is 14.5 Å². The number of piperidine rings is 1. The number of allylic oxidation sites excluding steroid dienone is 1. The first kappa shape index (κ1) is 23.4.